The van der Waals surface area contributed by atoms with Gasteiger partial charge in [-0.25, -0.2) is 4.79 Å². The standard InChI is InChI=1S/C20H31N3O3/c24-17(22-13-7-9-15-8-3-4-10-16(15)22)14-23-18(25)20(21-19(23)26)11-5-1-2-6-12-20/h15-16H,1-14H2,(H,21,26)/t15-,16+/m0/s1. The lowest BCUT2D eigenvalue weighted by molar-refractivity contribution is -0.143. The molecule has 4 aliphatic rings. The Morgan fingerprint density at radius 2 is 1.65 bits per heavy atom. The summed E-state index contributed by atoms with van der Waals surface area (Å²) in [5.41, 5.74) is -0.747. The monoisotopic (exact) mass is 361 g/mol. The van der Waals surface area contributed by atoms with Crippen LogP contribution < -0.4 is 5.32 Å². The van der Waals surface area contributed by atoms with Gasteiger partial charge in [-0.3, -0.25) is 14.5 Å². The molecule has 0 radical (unpaired) electrons. The van der Waals surface area contributed by atoms with Gasteiger partial charge in [0.1, 0.15) is 12.1 Å². The molecule has 2 heterocycles. The zero-order valence-electron chi connectivity index (χ0n) is 15.7. The van der Waals surface area contributed by atoms with Crippen molar-refractivity contribution in [1.29, 1.82) is 0 Å². The van der Waals surface area contributed by atoms with Crippen LogP contribution in [0.15, 0.2) is 0 Å². The summed E-state index contributed by atoms with van der Waals surface area (Å²) < 4.78 is 0. The molecule has 0 bridgehead atoms. The first kappa shape index (κ1) is 17.8. The van der Waals surface area contributed by atoms with Gasteiger partial charge in [-0.2, -0.15) is 0 Å². The van der Waals surface area contributed by atoms with Crippen LogP contribution in [0.1, 0.15) is 77.0 Å². The molecule has 2 saturated carbocycles. The highest BCUT2D eigenvalue weighted by molar-refractivity contribution is 6.09. The quantitative estimate of drug-likeness (QED) is 0.769. The molecule has 4 amide bonds. The minimum atomic E-state index is -0.747. The summed E-state index contributed by atoms with van der Waals surface area (Å²) >= 11 is 0. The first-order valence-electron chi connectivity index (χ1n) is 10.5. The van der Waals surface area contributed by atoms with E-state index in [9.17, 15) is 14.4 Å². The average Bonchev–Trinajstić information content (AvgIpc) is 2.83. The fourth-order valence-electron chi connectivity index (χ4n) is 5.65. The van der Waals surface area contributed by atoms with E-state index >= 15 is 0 Å². The second-order valence-electron chi connectivity index (χ2n) is 8.66. The van der Waals surface area contributed by atoms with E-state index in [4.69, 9.17) is 0 Å². The molecule has 1 N–H and O–H groups in total. The van der Waals surface area contributed by atoms with Crippen molar-refractivity contribution in [1.82, 2.24) is 15.1 Å². The lowest BCUT2D eigenvalue weighted by Gasteiger charge is -2.44. The molecule has 0 aromatic carbocycles. The summed E-state index contributed by atoms with van der Waals surface area (Å²) in [4.78, 5) is 41.7. The minimum absolute atomic E-state index is 0.0456. The van der Waals surface area contributed by atoms with E-state index in [1.54, 1.807) is 0 Å². The number of amides is 4. The molecule has 26 heavy (non-hydrogen) atoms. The van der Waals surface area contributed by atoms with E-state index in [2.05, 4.69) is 5.32 Å². The Hall–Kier alpha value is -1.59. The minimum Gasteiger partial charge on any atom is -0.338 e. The van der Waals surface area contributed by atoms with Gasteiger partial charge in [0.05, 0.1) is 0 Å². The molecule has 2 atom stereocenters. The van der Waals surface area contributed by atoms with E-state index < -0.39 is 5.54 Å². The van der Waals surface area contributed by atoms with Crippen molar-refractivity contribution in [2.45, 2.75) is 88.6 Å². The molecule has 0 unspecified atom stereocenters. The van der Waals surface area contributed by atoms with Crippen LogP contribution in [0.25, 0.3) is 0 Å². The van der Waals surface area contributed by atoms with Crippen LogP contribution in [-0.4, -0.2) is 52.3 Å². The molecule has 1 spiro atoms. The summed E-state index contributed by atoms with van der Waals surface area (Å²) in [5, 5.41) is 2.94. The topological polar surface area (TPSA) is 69.7 Å². The van der Waals surface area contributed by atoms with Crippen molar-refractivity contribution in [3.63, 3.8) is 0 Å². The van der Waals surface area contributed by atoms with Crippen LogP contribution in [0.5, 0.6) is 0 Å². The highest BCUT2D eigenvalue weighted by Gasteiger charge is 2.51. The maximum atomic E-state index is 13.0. The maximum absolute atomic E-state index is 13.0. The first-order valence-corrected chi connectivity index (χ1v) is 10.5. The summed E-state index contributed by atoms with van der Waals surface area (Å²) in [6, 6.07) is -0.0555. The normalized spacial score (nSPS) is 31.5. The number of rotatable bonds is 2. The highest BCUT2D eigenvalue weighted by Crippen LogP contribution is 2.36. The second kappa shape index (κ2) is 7.20. The predicted molar refractivity (Wildman–Crippen MR) is 97.4 cm³/mol. The Kier molecular flexibility index (Phi) is 4.93. The van der Waals surface area contributed by atoms with E-state index in [0.29, 0.717) is 24.8 Å². The number of urea groups is 1. The van der Waals surface area contributed by atoms with Crippen LogP contribution >= 0.6 is 0 Å². The number of likely N-dealkylation sites (tertiary alicyclic amines) is 1. The van der Waals surface area contributed by atoms with Crippen molar-refractivity contribution in [2.24, 2.45) is 5.92 Å². The van der Waals surface area contributed by atoms with E-state index in [-0.39, 0.29) is 24.4 Å². The number of carbonyl (C=O) groups excluding carboxylic acids is 3. The predicted octanol–water partition coefficient (Wildman–Crippen LogP) is 2.81. The van der Waals surface area contributed by atoms with E-state index in [1.807, 2.05) is 4.90 Å². The van der Waals surface area contributed by atoms with Crippen LogP contribution in [0.3, 0.4) is 0 Å². The molecular formula is C20H31N3O3. The van der Waals surface area contributed by atoms with Crippen molar-refractivity contribution in [3.05, 3.63) is 0 Å². The molecule has 4 fully saturated rings. The smallest absolute Gasteiger partial charge is 0.325 e. The van der Waals surface area contributed by atoms with Gasteiger partial charge in [0, 0.05) is 12.6 Å². The number of piperidine rings is 1. The molecule has 4 rings (SSSR count). The molecule has 6 heteroatoms. The van der Waals surface area contributed by atoms with Gasteiger partial charge >= 0.3 is 6.03 Å². The fraction of sp³-hybridized carbons (Fsp3) is 0.850. The summed E-state index contributed by atoms with van der Waals surface area (Å²) in [5.74, 6) is 0.392. The number of nitrogens with zero attached hydrogens (tertiary/aromatic N) is 2. The lowest BCUT2D eigenvalue weighted by Crippen LogP contribution is -2.53. The Labute approximate surface area is 155 Å². The van der Waals surface area contributed by atoms with Gasteiger partial charge in [-0.15, -0.1) is 0 Å². The van der Waals surface area contributed by atoms with E-state index in [1.165, 1.54) is 30.6 Å². The van der Waals surface area contributed by atoms with Crippen molar-refractivity contribution in [3.8, 4) is 0 Å². The summed E-state index contributed by atoms with van der Waals surface area (Å²) in [6.45, 7) is 0.685. The first-order chi connectivity index (χ1) is 12.6. The third-order valence-electron chi connectivity index (χ3n) is 7.06. The van der Waals surface area contributed by atoms with Gasteiger partial charge in [-0.1, -0.05) is 38.5 Å². The SMILES string of the molecule is O=C1NC2(CCCCCC2)C(=O)N1CC(=O)N1CCC[C@@H]2CCCC[C@H]21. The number of imide groups is 1. The largest absolute Gasteiger partial charge is 0.338 e. The van der Waals surface area contributed by atoms with E-state index in [0.717, 1.165) is 45.1 Å². The molecule has 6 nitrogen and oxygen atoms in total. The molecule has 0 aromatic heterocycles. The van der Waals surface area contributed by atoms with Gasteiger partial charge in [-0.05, 0) is 44.4 Å². The van der Waals surface area contributed by atoms with Crippen molar-refractivity contribution in [2.75, 3.05) is 13.1 Å². The lowest BCUT2D eigenvalue weighted by atomic mass is 9.78. The number of hydrogen-bond acceptors (Lipinski definition) is 3. The van der Waals surface area contributed by atoms with Crippen LogP contribution in [-0.2, 0) is 9.59 Å². The van der Waals surface area contributed by atoms with Crippen LogP contribution in [0, 0.1) is 5.92 Å². The highest BCUT2D eigenvalue weighted by atomic mass is 16.2. The van der Waals surface area contributed by atoms with Crippen LogP contribution in [0.4, 0.5) is 4.79 Å². The molecule has 2 aliphatic heterocycles. The van der Waals surface area contributed by atoms with Crippen molar-refractivity contribution >= 4 is 17.8 Å². The third kappa shape index (κ3) is 3.12. The number of nitrogens with one attached hydrogen (secondary N) is 1. The van der Waals surface area contributed by atoms with Gasteiger partial charge in [0.15, 0.2) is 0 Å². The Morgan fingerprint density at radius 1 is 0.962 bits per heavy atom. The Bertz CT molecular complexity index is 581. The van der Waals surface area contributed by atoms with Gasteiger partial charge < -0.3 is 10.2 Å². The Balaban J connectivity index is 1.45. The molecule has 2 saturated heterocycles. The average molecular weight is 361 g/mol. The summed E-state index contributed by atoms with van der Waals surface area (Å²) in [7, 11) is 0. The maximum Gasteiger partial charge on any atom is 0.325 e. The number of hydrogen-bond donors (Lipinski definition) is 1. The van der Waals surface area contributed by atoms with Gasteiger partial charge in [0.2, 0.25) is 5.91 Å². The van der Waals surface area contributed by atoms with Crippen LogP contribution in [0.2, 0.25) is 0 Å². The molecule has 0 aromatic rings. The molecule has 144 valence electrons. The number of carbonyl (C=O) groups is 3. The number of fused-ring (bicyclic) bond motifs is 1. The zero-order valence-corrected chi connectivity index (χ0v) is 15.7. The second-order valence-corrected chi connectivity index (χ2v) is 8.66. The Morgan fingerprint density at radius 3 is 2.42 bits per heavy atom. The fourth-order valence-corrected chi connectivity index (χ4v) is 5.65. The molecule has 2 aliphatic carbocycles. The van der Waals surface area contributed by atoms with Gasteiger partial charge in [0.25, 0.3) is 5.91 Å². The third-order valence-corrected chi connectivity index (χ3v) is 7.06. The summed E-state index contributed by atoms with van der Waals surface area (Å²) in [6.07, 6.45) is 12.5. The zero-order chi connectivity index (χ0) is 18.1. The molecular weight excluding hydrogens is 330 g/mol. The van der Waals surface area contributed by atoms with Crippen molar-refractivity contribution < 1.29 is 14.4 Å².